The van der Waals surface area contributed by atoms with Crippen molar-refractivity contribution < 1.29 is 9.53 Å². The van der Waals surface area contributed by atoms with Gasteiger partial charge in [-0.15, -0.1) is 0 Å². The van der Waals surface area contributed by atoms with Crippen LogP contribution in [0.5, 0.6) is 5.75 Å². The highest BCUT2D eigenvalue weighted by atomic mass is 16.5. The van der Waals surface area contributed by atoms with Crippen LogP contribution in [0.4, 0.5) is 5.69 Å². The zero-order chi connectivity index (χ0) is 19.5. The number of anilines is 1. The van der Waals surface area contributed by atoms with Crippen molar-refractivity contribution in [1.82, 2.24) is 9.78 Å². The van der Waals surface area contributed by atoms with Crippen molar-refractivity contribution in [3.63, 3.8) is 0 Å². The Morgan fingerprint density at radius 2 is 1.79 bits per heavy atom. The van der Waals surface area contributed by atoms with Crippen LogP contribution in [0.1, 0.15) is 31.4 Å². The molecule has 1 heterocycles. The lowest BCUT2D eigenvalue weighted by Gasteiger charge is -2.13. The Morgan fingerprint density at radius 1 is 1.11 bits per heavy atom. The number of carbonyl (C=O) groups excluding carboxylic acids is 1. The third-order valence-electron chi connectivity index (χ3n) is 5.09. The topological polar surface area (TPSA) is 73.2 Å². The molecule has 1 saturated carbocycles. The average molecular weight is 377 g/mol. The molecule has 1 aromatic heterocycles. The number of hydrogen-bond donors (Lipinski definition) is 1. The first kappa shape index (κ1) is 18.2. The molecular weight excluding hydrogens is 354 g/mol. The number of nitrogens with zero attached hydrogens (tertiary/aromatic N) is 2. The molecule has 3 aromatic rings. The molecule has 1 aliphatic carbocycles. The second-order valence-electron chi connectivity index (χ2n) is 7.19. The van der Waals surface area contributed by atoms with Crippen molar-refractivity contribution in [2.75, 3.05) is 5.32 Å². The molecule has 1 aliphatic rings. The number of carbonyl (C=O) groups is 1. The third kappa shape index (κ3) is 3.91. The molecule has 1 N–H and O–H groups in total. The summed E-state index contributed by atoms with van der Waals surface area (Å²) in [6, 6.07) is 14.6. The van der Waals surface area contributed by atoms with E-state index in [1.807, 2.05) is 49.4 Å². The zero-order valence-corrected chi connectivity index (χ0v) is 15.9. The normalized spacial score (nSPS) is 14.3. The van der Waals surface area contributed by atoms with Gasteiger partial charge < -0.3 is 10.1 Å². The monoisotopic (exact) mass is 377 g/mol. The minimum absolute atomic E-state index is 0.134. The Hall–Kier alpha value is -3.15. The Balaban J connectivity index is 1.44. The summed E-state index contributed by atoms with van der Waals surface area (Å²) < 4.78 is 7.15. The van der Waals surface area contributed by atoms with Gasteiger partial charge in [0.2, 0.25) is 5.91 Å². The van der Waals surface area contributed by atoms with Crippen LogP contribution in [0.25, 0.3) is 10.8 Å². The maximum absolute atomic E-state index is 12.6. The maximum Gasteiger partial charge on any atom is 0.275 e. The summed E-state index contributed by atoms with van der Waals surface area (Å²) in [7, 11) is 0. The fourth-order valence-electron chi connectivity index (χ4n) is 3.66. The van der Waals surface area contributed by atoms with Crippen molar-refractivity contribution in [2.45, 2.75) is 45.3 Å². The number of amides is 1. The van der Waals surface area contributed by atoms with Crippen LogP contribution in [-0.2, 0) is 11.3 Å². The molecule has 0 spiro atoms. The molecule has 2 aromatic carbocycles. The van der Waals surface area contributed by atoms with Gasteiger partial charge in [0.25, 0.3) is 5.56 Å². The minimum Gasteiger partial charge on any atom is -0.490 e. The van der Waals surface area contributed by atoms with Crippen molar-refractivity contribution >= 4 is 22.4 Å². The number of fused-ring (bicyclic) bond motifs is 1. The van der Waals surface area contributed by atoms with E-state index >= 15 is 0 Å². The Morgan fingerprint density at radius 3 is 2.50 bits per heavy atom. The Labute approximate surface area is 163 Å². The molecule has 1 amide bonds. The lowest BCUT2D eigenvalue weighted by atomic mass is 10.1. The van der Waals surface area contributed by atoms with Gasteiger partial charge in [-0.1, -0.05) is 18.2 Å². The van der Waals surface area contributed by atoms with E-state index in [9.17, 15) is 9.59 Å². The minimum atomic E-state index is -0.297. The first-order valence-corrected chi connectivity index (χ1v) is 9.63. The van der Waals surface area contributed by atoms with E-state index in [0.29, 0.717) is 17.2 Å². The van der Waals surface area contributed by atoms with Crippen molar-refractivity contribution in [3.8, 4) is 5.75 Å². The molecule has 28 heavy (non-hydrogen) atoms. The molecule has 0 aliphatic heterocycles. The van der Waals surface area contributed by atoms with E-state index in [2.05, 4.69) is 10.4 Å². The van der Waals surface area contributed by atoms with Gasteiger partial charge >= 0.3 is 0 Å². The van der Waals surface area contributed by atoms with E-state index in [1.165, 1.54) is 17.5 Å². The first-order chi connectivity index (χ1) is 13.6. The molecule has 1 fully saturated rings. The molecule has 144 valence electrons. The van der Waals surface area contributed by atoms with Crippen LogP contribution in [-0.4, -0.2) is 21.8 Å². The zero-order valence-electron chi connectivity index (χ0n) is 15.9. The van der Waals surface area contributed by atoms with E-state index in [0.717, 1.165) is 29.7 Å². The lowest BCUT2D eigenvalue weighted by Crippen LogP contribution is -2.30. The van der Waals surface area contributed by atoms with Gasteiger partial charge in [-0.2, -0.15) is 5.10 Å². The molecule has 6 nitrogen and oxygen atoms in total. The molecular formula is C22H23N3O3. The van der Waals surface area contributed by atoms with Gasteiger partial charge in [-0.25, -0.2) is 4.68 Å². The molecule has 0 unspecified atom stereocenters. The van der Waals surface area contributed by atoms with Crippen molar-refractivity contribution in [3.05, 3.63) is 64.6 Å². The van der Waals surface area contributed by atoms with Crippen LogP contribution in [0.15, 0.2) is 53.3 Å². The number of aromatic nitrogens is 2. The van der Waals surface area contributed by atoms with Crippen LogP contribution >= 0.6 is 0 Å². The summed E-state index contributed by atoms with van der Waals surface area (Å²) in [5.74, 6) is 0.515. The summed E-state index contributed by atoms with van der Waals surface area (Å²) in [6.45, 7) is 1.70. The van der Waals surface area contributed by atoms with Gasteiger partial charge in [-0.05, 0) is 62.9 Å². The molecule has 0 radical (unpaired) electrons. The number of benzene rings is 2. The first-order valence-electron chi connectivity index (χ1n) is 9.63. The second-order valence-corrected chi connectivity index (χ2v) is 7.19. The van der Waals surface area contributed by atoms with Crippen LogP contribution in [0.3, 0.4) is 0 Å². The quantitative estimate of drug-likeness (QED) is 0.736. The van der Waals surface area contributed by atoms with E-state index < -0.39 is 0 Å². The summed E-state index contributed by atoms with van der Waals surface area (Å²) in [5, 5.41) is 8.46. The van der Waals surface area contributed by atoms with Crippen molar-refractivity contribution in [2.24, 2.45) is 0 Å². The van der Waals surface area contributed by atoms with E-state index in [-0.39, 0.29) is 18.0 Å². The van der Waals surface area contributed by atoms with Gasteiger partial charge in [0.05, 0.1) is 17.2 Å². The predicted octanol–water partition coefficient (Wildman–Crippen LogP) is 3.67. The van der Waals surface area contributed by atoms with Crippen molar-refractivity contribution in [1.29, 1.82) is 0 Å². The largest absolute Gasteiger partial charge is 0.490 e. The number of rotatable bonds is 5. The number of ether oxygens (including phenoxy) is 1. The number of aryl methyl sites for hydroxylation is 1. The third-order valence-corrected chi connectivity index (χ3v) is 5.09. The Bertz CT molecular complexity index is 1050. The average Bonchev–Trinajstić information content (AvgIpc) is 3.20. The van der Waals surface area contributed by atoms with Crippen LogP contribution < -0.4 is 15.6 Å². The molecule has 0 atom stereocenters. The van der Waals surface area contributed by atoms with E-state index in [4.69, 9.17) is 4.74 Å². The summed E-state index contributed by atoms with van der Waals surface area (Å²) >= 11 is 0. The Kier molecular flexibility index (Phi) is 5.10. The molecule has 4 rings (SSSR count). The maximum atomic E-state index is 12.6. The number of hydrogen-bond acceptors (Lipinski definition) is 4. The van der Waals surface area contributed by atoms with Crippen LogP contribution in [0, 0.1) is 6.92 Å². The smallest absolute Gasteiger partial charge is 0.275 e. The highest BCUT2D eigenvalue weighted by molar-refractivity contribution is 5.91. The molecule has 6 heteroatoms. The fourth-order valence-corrected chi connectivity index (χ4v) is 3.66. The summed E-state index contributed by atoms with van der Waals surface area (Å²) in [5.41, 5.74) is 1.11. The highest BCUT2D eigenvalue weighted by Gasteiger charge is 2.16. The standard InChI is InChI=1S/C22H23N3O3/c1-15-19-8-4-5-9-20(19)22(27)25(24-15)14-21(26)23-16-10-12-18(13-11-16)28-17-6-2-3-7-17/h4-5,8-13,17H,2-3,6-7,14H2,1H3,(H,23,26). The molecule has 0 bridgehead atoms. The van der Waals surface area contributed by atoms with Gasteiger partial charge in [0.1, 0.15) is 12.3 Å². The highest BCUT2D eigenvalue weighted by Crippen LogP contribution is 2.25. The number of nitrogens with one attached hydrogen (secondary N) is 1. The SMILES string of the molecule is Cc1nn(CC(=O)Nc2ccc(OC3CCCC3)cc2)c(=O)c2ccccc12. The van der Waals surface area contributed by atoms with Gasteiger partial charge in [-0.3, -0.25) is 9.59 Å². The second kappa shape index (κ2) is 7.84. The van der Waals surface area contributed by atoms with Gasteiger partial charge in [0, 0.05) is 11.1 Å². The predicted molar refractivity (Wildman–Crippen MR) is 109 cm³/mol. The van der Waals surface area contributed by atoms with Gasteiger partial charge in [0.15, 0.2) is 0 Å². The lowest BCUT2D eigenvalue weighted by molar-refractivity contribution is -0.117. The summed E-state index contributed by atoms with van der Waals surface area (Å²) in [4.78, 5) is 25.0. The van der Waals surface area contributed by atoms with E-state index in [1.54, 1.807) is 6.07 Å². The molecule has 0 saturated heterocycles. The fraction of sp³-hybridized carbons (Fsp3) is 0.318. The summed E-state index contributed by atoms with van der Waals surface area (Å²) in [6.07, 6.45) is 4.95. The van der Waals surface area contributed by atoms with Crippen LogP contribution in [0.2, 0.25) is 0 Å².